The quantitative estimate of drug-likeness (QED) is 0.335. The summed E-state index contributed by atoms with van der Waals surface area (Å²) in [4.78, 5) is 24.3. The molecule has 12 heavy (non-hydrogen) atoms. The molecule has 0 saturated heterocycles. The molecule has 0 unspecified atom stereocenters. The summed E-state index contributed by atoms with van der Waals surface area (Å²) in [6, 6.07) is -0.432. The second-order valence-corrected chi connectivity index (χ2v) is 2.49. The van der Waals surface area contributed by atoms with E-state index in [1.54, 1.807) is 0 Å². The lowest BCUT2D eigenvalue weighted by molar-refractivity contribution is 0.249. The molecule has 72 valence electrons. The SMILES string of the molecule is CCCCNC(N)=O.O=[Si](O)O. The molecule has 0 aliphatic heterocycles. The zero-order valence-corrected chi connectivity index (χ0v) is 7.91. The Balaban J connectivity index is 0. The third-order valence-electron chi connectivity index (χ3n) is 0.830. The van der Waals surface area contributed by atoms with Gasteiger partial charge >= 0.3 is 15.2 Å². The van der Waals surface area contributed by atoms with Gasteiger partial charge in [0, 0.05) is 6.54 Å². The van der Waals surface area contributed by atoms with Gasteiger partial charge in [0.1, 0.15) is 0 Å². The molecule has 0 fully saturated rings. The maximum atomic E-state index is 9.99. The zero-order valence-electron chi connectivity index (χ0n) is 6.91. The van der Waals surface area contributed by atoms with E-state index in [1.165, 1.54) is 0 Å². The van der Waals surface area contributed by atoms with E-state index in [0.29, 0.717) is 6.54 Å². The van der Waals surface area contributed by atoms with Crippen molar-refractivity contribution in [3.05, 3.63) is 0 Å². The highest BCUT2D eigenvalue weighted by Crippen LogP contribution is 1.80. The molecule has 0 heterocycles. The molecule has 0 aliphatic rings. The Morgan fingerprint density at radius 2 is 2.00 bits per heavy atom. The fraction of sp³-hybridized carbons (Fsp3) is 0.800. The van der Waals surface area contributed by atoms with Gasteiger partial charge in [0.15, 0.2) is 0 Å². The third kappa shape index (κ3) is 36.6. The van der Waals surface area contributed by atoms with Gasteiger partial charge in [-0.25, -0.2) is 4.79 Å². The first-order valence-electron chi connectivity index (χ1n) is 3.45. The van der Waals surface area contributed by atoms with E-state index in [9.17, 15) is 4.79 Å². The number of carbonyl (C=O) groups excluding carboxylic acids is 1. The molecule has 0 rings (SSSR count). The number of rotatable bonds is 3. The molecule has 0 aromatic rings. The van der Waals surface area contributed by atoms with E-state index in [4.69, 9.17) is 19.8 Å². The first kappa shape index (κ1) is 13.5. The Hall–Kier alpha value is -1.11. The van der Waals surface area contributed by atoms with Crippen LogP contribution in [-0.2, 0) is 4.46 Å². The number of primary amides is 1. The van der Waals surface area contributed by atoms with Crippen molar-refractivity contribution in [3.63, 3.8) is 0 Å². The highest BCUT2D eigenvalue weighted by atomic mass is 28.3. The molecule has 0 aromatic heterocycles. The number of carbonyl (C=O) groups is 1. The van der Waals surface area contributed by atoms with Crippen molar-refractivity contribution in [1.82, 2.24) is 5.32 Å². The van der Waals surface area contributed by atoms with Crippen LogP contribution in [0.15, 0.2) is 0 Å². The Labute approximate surface area is 72.3 Å². The van der Waals surface area contributed by atoms with Crippen LogP contribution in [-0.4, -0.2) is 31.3 Å². The molecule has 0 bridgehead atoms. The Morgan fingerprint density at radius 1 is 1.58 bits per heavy atom. The summed E-state index contributed by atoms with van der Waals surface area (Å²) < 4.78 is 8.74. The third-order valence-corrected chi connectivity index (χ3v) is 0.830. The Morgan fingerprint density at radius 3 is 2.25 bits per heavy atom. The molecule has 2 amide bonds. The topological polar surface area (TPSA) is 113 Å². The fourth-order valence-electron chi connectivity index (χ4n) is 0.388. The van der Waals surface area contributed by atoms with Gasteiger partial charge in [-0.05, 0) is 6.42 Å². The van der Waals surface area contributed by atoms with Crippen LogP contribution in [0.4, 0.5) is 4.79 Å². The van der Waals surface area contributed by atoms with Gasteiger partial charge in [-0.15, -0.1) is 0 Å². The molecule has 0 spiro atoms. The predicted molar refractivity (Wildman–Crippen MR) is 43.4 cm³/mol. The van der Waals surface area contributed by atoms with Crippen molar-refractivity contribution in [2.75, 3.05) is 6.54 Å². The van der Waals surface area contributed by atoms with Crippen LogP contribution in [0.5, 0.6) is 0 Å². The van der Waals surface area contributed by atoms with E-state index >= 15 is 0 Å². The minimum atomic E-state index is -3.13. The maximum absolute atomic E-state index is 9.99. The first-order valence-corrected chi connectivity index (χ1v) is 4.76. The molecular formula is C5H14N2O4Si. The Bertz CT molecular complexity index is 137. The fourth-order valence-corrected chi connectivity index (χ4v) is 0.388. The number of hydrogen-bond donors (Lipinski definition) is 4. The number of unbranched alkanes of at least 4 members (excludes halogenated alkanes) is 1. The van der Waals surface area contributed by atoms with Crippen LogP contribution < -0.4 is 11.1 Å². The number of nitrogens with two attached hydrogens (primary N) is 1. The van der Waals surface area contributed by atoms with Crippen molar-refractivity contribution in [1.29, 1.82) is 0 Å². The second-order valence-electron chi connectivity index (χ2n) is 1.93. The van der Waals surface area contributed by atoms with Gasteiger partial charge < -0.3 is 20.6 Å². The molecule has 0 atom stereocenters. The average Bonchev–Trinajstić information content (AvgIpc) is 1.86. The number of amides is 2. The van der Waals surface area contributed by atoms with Crippen molar-refractivity contribution in [2.45, 2.75) is 19.8 Å². The van der Waals surface area contributed by atoms with Crippen molar-refractivity contribution < 1.29 is 18.8 Å². The minimum absolute atomic E-state index is 0.432. The smallest absolute Gasteiger partial charge is 0.511 e. The second kappa shape index (κ2) is 9.89. The summed E-state index contributed by atoms with van der Waals surface area (Å²) >= 11 is 0. The van der Waals surface area contributed by atoms with Crippen molar-refractivity contribution >= 4 is 15.2 Å². The largest absolute Gasteiger partial charge is 0.761 e. The zero-order chi connectivity index (χ0) is 9.98. The van der Waals surface area contributed by atoms with Gasteiger partial charge in [0.2, 0.25) is 0 Å². The summed E-state index contributed by atoms with van der Waals surface area (Å²) in [6.07, 6.45) is 2.09. The highest BCUT2D eigenvalue weighted by molar-refractivity contribution is 6.22. The molecule has 0 aromatic carbocycles. The van der Waals surface area contributed by atoms with Crippen LogP contribution in [0.2, 0.25) is 0 Å². The lowest BCUT2D eigenvalue weighted by Crippen LogP contribution is -2.29. The molecular weight excluding hydrogens is 180 g/mol. The summed E-state index contributed by atoms with van der Waals surface area (Å²) in [5, 5.41) is 2.49. The first-order chi connectivity index (χ1) is 5.50. The van der Waals surface area contributed by atoms with Gasteiger partial charge in [-0.3, -0.25) is 4.46 Å². The lowest BCUT2D eigenvalue weighted by Gasteiger charge is -1.96. The summed E-state index contributed by atoms with van der Waals surface area (Å²) in [5.74, 6) is 0. The van der Waals surface area contributed by atoms with E-state index in [-0.39, 0.29) is 0 Å². The van der Waals surface area contributed by atoms with Crippen LogP contribution >= 0.6 is 0 Å². The normalized spacial score (nSPS) is 7.75. The maximum Gasteiger partial charge on any atom is 0.761 e. The van der Waals surface area contributed by atoms with E-state index in [0.717, 1.165) is 12.8 Å². The van der Waals surface area contributed by atoms with Crippen LogP contribution in [0.25, 0.3) is 0 Å². The van der Waals surface area contributed by atoms with E-state index in [2.05, 4.69) is 12.2 Å². The van der Waals surface area contributed by atoms with E-state index < -0.39 is 15.2 Å². The number of urea groups is 1. The van der Waals surface area contributed by atoms with Crippen LogP contribution in [0.3, 0.4) is 0 Å². The molecule has 5 N–H and O–H groups in total. The molecule has 0 aliphatic carbocycles. The summed E-state index contributed by atoms with van der Waals surface area (Å²) in [7, 11) is -3.13. The van der Waals surface area contributed by atoms with Crippen LogP contribution in [0, 0.1) is 0 Å². The van der Waals surface area contributed by atoms with Gasteiger partial charge in [0.05, 0.1) is 0 Å². The average molecular weight is 194 g/mol. The number of hydrogen-bond acceptors (Lipinski definition) is 2. The van der Waals surface area contributed by atoms with E-state index in [1.807, 2.05) is 0 Å². The molecule has 0 radical (unpaired) electrons. The lowest BCUT2D eigenvalue weighted by atomic mass is 10.3. The highest BCUT2D eigenvalue weighted by Gasteiger charge is 1.86. The molecule has 0 saturated carbocycles. The summed E-state index contributed by atoms with van der Waals surface area (Å²) in [5.41, 5.74) is 4.78. The molecule has 6 nitrogen and oxygen atoms in total. The number of nitrogens with one attached hydrogen (secondary N) is 1. The van der Waals surface area contributed by atoms with Gasteiger partial charge in [-0.2, -0.15) is 0 Å². The summed E-state index contributed by atoms with van der Waals surface area (Å²) in [6.45, 7) is 2.76. The molecule has 7 heteroatoms. The Kier molecular flexibility index (Phi) is 11.1. The van der Waals surface area contributed by atoms with Crippen molar-refractivity contribution in [3.8, 4) is 0 Å². The van der Waals surface area contributed by atoms with Crippen molar-refractivity contribution in [2.24, 2.45) is 5.73 Å². The van der Waals surface area contributed by atoms with Gasteiger partial charge in [0.25, 0.3) is 0 Å². The standard InChI is InChI=1S/C5H12N2O.H2O3Si/c1-2-3-4-7-5(6)8;1-4(2)3/h2-4H2,1H3,(H3,6,7,8);1-2H. The predicted octanol–water partition coefficient (Wildman–Crippen LogP) is -1.16. The van der Waals surface area contributed by atoms with Gasteiger partial charge in [-0.1, -0.05) is 13.3 Å². The minimum Gasteiger partial charge on any atom is -0.511 e. The van der Waals surface area contributed by atoms with Crippen LogP contribution in [0.1, 0.15) is 19.8 Å². The monoisotopic (exact) mass is 194 g/mol.